The first-order valence-corrected chi connectivity index (χ1v) is 6.20. The lowest BCUT2D eigenvalue weighted by molar-refractivity contribution is -0.384. The number of nitro groups is 1. The van der Waals surface area contributed by atoms with Crippen molar-refractivity contribution >= 4 is 28.9 Å². The first-order chi connectivity index (χ1) is 8.77. The molecule has 0 aromatic heterocycles. The highest BCUT2D eigenvalue weighted by Gasteiger charge is 2.27. The van der Waals surface area contributed by atoms with Gasteiger partial charge in [-0.1, -0.05) is 24.9 Å². The van der Waals surface area contributed by atoms with Gasteiger partial charge in [-0.3, -0.25) is 14.9 Å². The Balaban J connectivity index is 2.87. The van der Waals surface area contributed by atoms with E-state index in [1.54, 1.807) is 6.92 Å². The van der Waals surface area contributed by atoms with Crippen LogP contribution in [0.4, 0.5) is 11.4 Å². The van der Waals surface area contributed by atoms with E-state index in [0.29, 0.717) is 12.1 Å². The lowest BCUT2D eigenvalue weighted by Gasteiger charge is -2.22. The van der Waals surface area contributed by atoms with E-state index in [9.17, 15) is 14.9 Å². The zero-order valence-corrected chi connectivity index (χ0v) is 11.5. The SMILES string of the molecule is CCCC(C)(N)C(=O)Nc1ccc([N+](=O)[O-])c(Cl)c1. The van der Waals surface area contributed by atoms with Gasteiger partial charge in [0.05, 0.1) is 10.5 Å². The third-order valence-electron chi connectivity index (χ3n) is 2.69. The molecule has 1 unspecified atom stereocenters. The van der Waals surface area contributed by atoms with Crippen LogP contribution < -0.4 is 11.1 Å². The number of benzene rings is 1. The average Bonchev–Trinajstić information content (AvgIpc) is 2.28. The summed E-state index contributed by atoms with van der Waals surface area (Å²) in [6.07, 6.45) is 1.32. The van der Waals surface area contributed by atoms with Crippen LogP contribution in [0, 0.1) is 10.1 Å². The van der Waals surface area contributed by atoms with Crippen molar-refractivity contribution in [1.29, 1.82) is 0 Å². The fourth-order valence-electron chi connectivity index (χ4n) is 1.64. The van der Waals surface area contributed by atoms with Gasteiger partial charge in [0.1, 0.15) is 5.02 Å². The van der Waals surface area contributed by atoms with E-state index in [1.807, 2.05) is 6.92 Å². The number of carbonyl (C=O) groups excluding carboxylic acids is 1. The number of halogens is 1. The van der Waals surface area contributed by atoms with Crippen LogP contribution in [-0.4, -0.2) is 16.4 Å². The van der Waals surface area contributed by atoms with Crippen molar-refractivity contribution in [2.45, 2.75) is 32.2 Å². The first-order valence-electron chi connectivity index (χ1n) is 5.82. The van der Waals surface area contributed by atoms with Gasteiger partial charge in [0.25, 0.3) is 5.69 Å². The lowest BCUT2D eigenvalue weighted by Crippen LogP contribution is -2.48. The van der Waals surface area contributed by atoms with Gasteiger partial charge >= 0.3 is 0 Å². The number of amides is 1. The first kappa shape index (κ1) is 15.4. The Kier molecular flexibility index (Phi) is 4.85. The van der Waals surface area contributed by atoms with E-state index >= 15 is 0 Å². The molecule has 1 aromatic carbocycles. The molecular weight excluding hydrogens is 270 g/mol. The Morgan fingerprint density at radius 3 is 2.68 bits per heavy atom. The molecule has 19 heavy (non-hydrogen) atoms. The maximum atomic E-state index is 11.9. The smallest absolute Gasteiger partial charge is 0.288 e. The third-order valence-corrected chi connectivity index (χ3v) is 2.99. The van der Waals surface area contributed by atoms with Crippen molar-refractivity contribution in [3.05, 3.63) is 33.3 Å². The largest absolute Gasteiger partial charge is 0.324 e. The summed E-state index contributed by atoms with van der Waals surface area (Å²) >= 11 is 5.76. The summed E-state index contributed by atoms with van der Waals surface area (Å²) < 4.78 is 0. The van der Waals surface area contributed by atoms with Crippen molar-refractivity contribution in [1.82, 2.24) is 0 Å². The van der Waals surface area contributed by atoms with Crippen molar-refractivity contribution < 1.29 is 9.72 Å². The van der Waals surface area contributed by atoms with Crippen LogP contribution in [0.2, 0.25) is 5.02 Å². The molecule has 104 valence electrons. The summed E-state index contributed by atoms with van der Waals surface area (Å²) in [5.74, 6) is -0.348. The molecular formula is C12H16ClN3O3. The van der Waals surface area contributed by atoms with E-state index in [1.165, 1.54) is 18.2 Å². The van der Waals surface area contributed by atoms with Gasteiger partial charge in [0, 0.05) is 11.8 Å². The Bertz CT molecular complexity index is 503. The molecule has 0 fully saturated rings. The molecule has 0 saturated carbocycles. The lowest BCUT2D eigenvalue weighted by atomic mass is 9.96. The van der Waals surface area contributed by atoms with Gasteiger partial charge in [-0.2, -0.15) is 0 Å². The predicted octanol–water partition coefficient (Wildman–Crippen LogP) is 2.70. The highest BCUT2D eigenvalue weighted by atomic mass is 35.5. The number of nitrogens with zero attached hydrogens (tertiary/aromatic N) is 1. The fraction of sp³-hybridized carbons (Fsp3) is 0.417. The molecule has 0 aliphatic heterocycles. The maximum absolute atomic E-state index is 11.9. The standard InChI is InChI=1S/C12H16ClN3O3/c1-3-6-12(2,14)11(17)15-8-4-5-10(16(18)19)9(13)7-8/h4-5,7H,3,6,14H2,1-2H3,(H,15,17). The van der Waals surface area contributed by atoms with Crippen LogP contribution >= 0.6 is 11.6 Å². The molecule has 0 saturated heterocycles. The van der Waals surface area contributed by atoms with Crippen LogP contribution in [0.5, 0.6) is 0 Å². The van der Waals surface area contributed by atoms with Gasteiger partial charge in [-0.05, 0) is 25.5 Å². The summed E-state index contributed by atoms with van der Waals surface area (Å²) in [4.78, 5) is 22.0. The molecule has 1 aromatic rings. The highest BCUT2D eigenvalue weighted by Crippen LogP contribution is 2.27. The zero-order valence-electron chi connectivity index (χ0n) is 10.8. The Hall–Kier alpha value is -1.66. The topological polar surface area (TPSA) is 98.3 Å². The summed E-state index contributed by atoms with van der Waals surface area (Å²) in [7, 11) is 0. The molecule has 0 heterocycles. The number of hydrogen-bond donors (Lipinski definition) is 2. The monoisotopic (exact) mass is 285 g/mol. The van der Waals surface area contributed by atoms with E-state index in [4.69, 9.17) is 17.3 Å². The van der Waals surface area contributed by atoms with Gasteiger partial charge in [0.2, 0.25) is 5.91 Å². The van der Waals surface area contributed by atoms with Crippen molar-refractivity contribution in [2.24, 2.45) is 5.73 Å². The number of rotatable bonds is 5. The number of nitrogens with two attached hydrogens (primary N) is 1. The third kappa shape index (κ3) is 3.90. The number of nitro benzene ring substituents is 1. The van der Waals surface area contributed by atoms with Gasteiger partial charge in [-0.15, -0.1) is 0 Å². The Morgan fingerprint density at radius 2 is 2.21 bits per heavy atom. The van der Waals surface area contributed by atoms with Gasteiger partial charge in [0.15, 0.2) is 0 Å². The summed E-state index contributed by atoms with van der Waals surface area (Å²) in [6, 6.07) is 4.00. The summed E-state index contributed by atoms with van der Waals surface area (Å²) in [5.41, 5.74) is 5.08. The molecule has 1 rings (SSSR count). The molecule has 0 spiro atoms. The number of carbonyl (C=O) groups is 1. The number of hydrogen-bond acceptors (Lipinski definition) is 4. The zero-order chi connectivity index (χ0) is 14.6. The molecule has 1 amide bonds. The number of anilines is 1. The minimum absolute atomic E-state index is 0.0305. The minimum Gasteiger partial charge on any atom is -0.324 e. The molecule has 1 atom stereocenters. The summed E-state index contributed by atoms with van der Waals surface area (Å²) in [6.45, 7) is 3.57. The second-order valence-electron chi connectivity index (χ2n) is 4.54. The van der Waals surface area contributed by atoms with E-state index in [0.717, 1.165) is 6.42 Å². The summed E-state index contributed by atoms with van der Waals surface area (Å²) in [5, 5.41) is 13.2. The van der Waals surface area contributed by atoms with Crippen molar-refractivity contribution in [3.8, 4) is 0 Å². The Labute approximate surface area is 116 Å². The van der Waals surface area contributed by atoms with Crippen LogP contribution in [0.15, 0.2) is 18.2 Å². The normalized spacial score (nSPS) is 13.7. The Morgan fingerprint density at radius 1 is 1.58 bits per heavy atom. The van der Waals surface area contributed by atoms with Crippen LogP contribution in [0.1, 0.15) is 26.7 Å². The minimum atomic E-state index is -0.983. The second-order valence-corrected chi connectivity index (χ2v) is 4.95. The van der Waals surface area contributed by atoms with Crippen molar-refractivity contribution in [2.75, 3.05) is 5.32 Å². The van der Waals surface area contributed by atoms with Crippen LogP contribution in [-0.2, 0) is 4.79 Å². The molecule has 3 N–H and O–H groups in total. The molecule has 0 radical (unpaired) electrons. The quantitative estimate of drug-likeness (QED) is 0.642. The van der Waals surface area contributed by atoms with Gasteiger partial charge < -0.3 is 11.1 Å². The van der Waals surface area contributed by atoms with Crippen LogP contribution in [0.3, 0.4) is 0 Å². The van der Waals surface area contributed by atoms with Crippen LogP contribution in [0.25, 0.3) is 0 Å². The fourth-order valence-corrected chi connectivity index (χ4v) is 1.89. The van der Waals surface area contributed by atoms with Crippen molar-refractivity contribution in [3.63, 3.8) is 0 Å². The molecule has 0 bridgehead atoms. The highest BCUT2D eigenvalue weighted by molar-refractivity contribution is 6.33. The molecule has 0 aliphatic rings. The molecule has 6 nitrogen and oxygen atoms in total. The van der Waals surface area contributed by atoms with E-state index in [2.05, 4.69) is 5.32 Å². The second kappa shape index (κ2) is 5.99. The van der Waals surface area contributed by atoms with E-state index < -0.39 is 10.5 Å². The predicted molar refractivity (Wildman–Crippen MR) is 74.2 cm³/mol. The maximum Gasteiger partial charge on any atom is 0.288 e. The molecule has 7 heteroatoms. The van der Waals surface area contributed by atoms with E-state index in [-0.39, 0.29) is 16.6 Å². The average molecular weight is 286 g/mol. The van der Waals surface area contributed by atoms with Gasteiger partial charge in [-0.25, -0.2) is 0 Å². The number of nitrogens with one attached hydrogen (secondary N) is 1. The molecule has 0 aliphatic carbocycles.